The number of urea groups is 1. The van der Waals surface area contributed by atoms with E-state index in [0.29, 0.717) is 11.8 Å². The van der Waals surface area contributed by atoms with Gasteiger partial charge in [-0.1, -0.05) is 52.0 Å². The van der Waals surface area contributed by atoms with E-state index in [1.807, 2.05) is 0 Å². The minimum absolute atomic E-state index is 0.0724. The Balaban J connectivity index is 1.89. The molecule has 3 amide bonds. The highest BCUT2D eigenvalue weighted by atomic mass is 16.2. The van der Waals surface area contributed by atoms with Gasteiger partial charge in [0.1, 0.15) is 0 Å². The molecule has 0 aliphatic heterocycles. The number of hydrogen-bond donors (Lipinski definition) is 3. The molecule has 2 rings (SSSR count). The van der Waals surface area contributed by atoms with E-state index in [9.17, 15) is 9.59 Å². The van der Waals surface area contributed by atoms with Gasteiger partial charge in [-0.2, -0.15) is 0 Å². The number of nitrogens with one attached hydrogen (secondary N) is 3. The topological polar surface area (TPSA) is 70.2 Å². The van der Waals surface area contributed by atoms with Crippen molar-refractivity contribution in [2.24, 2.45) is 5.92 Å². The Kier molecular flexibility index (Phi) is 7.00. The predicted molar refractivity (Wildman–Crippen MR) is 100 cm³/mol. The highest BCUT2D eigenvalue weighted by Gasteiger charge is 2.24. The standard InChI is InChI=1S/C20H31N3O2/c1-5-14(4)15-6-8-16(9-7-15)19(13(2)3)21-12-18(24)23-20(25)22-17-10-11-17/h6-9,13-14,17,19,21H,5,10-12H2,1-4H3,(H2,22,23,24,25)/t14-,19+/m0/s1. The minimum atomic E-state index is -0.395. The number of rotatable bonds is 8. The summed E-state index contributed by atoms with van der Waals surface area (Å²) in [5.41, 5.74) is 2.50. The first-order valence-corrected chi connectivity index (χ1v) is 9.34. The van der Waals surface area contributed by atoms with Crippen molar-refractivity contribution in [2.75, 3.05) is 6.54 Å². The van der Waals surface area contributed by atoms with E-state index >= 15 is 0 Å². The van der Waals surface area contributed by atoms with Gasteiger partial charge >= 0.3 is 6.03 Å². The van der Waals surface area contributed by atoms with Crippen LogP contribution in [-0.2, 0) is 4.79 Å². The molecule has 1 fully saturated rings. The van der Waals surface area contributed by atoms with Crippen LogP contribution in [0.3, 0.4) is 0 Å². The first kappa shape index (κ1) is 19.4. The molecule has 1 aromatic rings. The smallest absolute Gasteiger partial charge is 0.321 e. The Morgan fingerprint density at radius 1 is 1.08 bits per heavy atom. The molecular formula is C20H31N3O2. The van der Waals surface area contributed by atoms with Crippen molar-refractivity contribution in [3.8, 4) is 0 Å². The summed E-state index contributed by atoms with van der Waals surface area (Å²) in [4.78, 5) is 23.6. The van der Waals surface area contributed by atoms with Gasteiger partial charge in [-0.3, -0.25) is 10.1 Å². The van der Waals surface area contributed by atoms with E-state index in [-0.39, 0.29) is 24.5 Å². The van der Waals surface area contributed by atoms with Crippen LogP contribution < -0.4 is 16.0 Å². The van der Waals surface area contributed by atoms with Crippen LogP contribution in [0.5, 0.6) is 0 Å². The lowest BCUT2D eigenvalue weighted by Gasteiger charge is -2.23. The van der Waals surface area contributed by atoms with Gasteiger partial charge in [-0.25, -0.2) is 4.79 Å². The molecule has 0 spiro atoms. The molecule has 1 aliphatic rings. The van der Waals surface area contributed by atoms with E-state index in [4.69, 9.17) is 0 Å². The maximum absolute atomic E-state index is 12.0. The van der Waals surface area contributed by atoms with Crippen molar-refractivity contribution in [1.82, 2.24) is 16.0 Å². The number of amides is 3. The predicted octanol–water partition coefficient (Wildman–Crippen LogP) is 3.48. The summed E-state index contributed by atoms with van der Waals surface area (Å²) in [6, 6.07) is 8.53. The molecule has 5 heteroatoms. The van der Waals surface area contributed by atoms with E-state index in [1.54, 1.807) is 0 Å². The van der Waals surface area contributed by atoms with E-state index < -0.39 is 6.03 Å². The van der Waals surface area contributed by atoms with Crippen LogP contribution in [0.1, 0.15) is 70.0 Å². The largest absolute Gasteiger partial charge is 0.335 e. The first-order valence-electron chi connectivity index (χ1n) is 9.34. The van der Waals surface area contributed by atoms with Crippen molar-refractivity contribution < 1.29 is 9.59 Å². The second-order valence-electron chi connectivity index (χ2n) is 7.37. The normalized spacial score (nSPS) is 16.4. The molecule has 3 N–H and O–H groups in total. The molecule has 1 aliphatic carbocycles. The van der Waals surface area contributed by atoms with Gasteiger partial charge in [0, 0.05) is 12.1 Å². The summed E-state index contributed by atoms with van der Waals surface area (Å²) in [6.07, 6.45) is 3.12. The fourth-order valence-corrected chi connectivity index (χ4v) is 2.83. The monoisotopic (exact) mass is 345 g/mol. The van der Waals surface area contributed by atoms with Crippen LogP contribution in [0, 0.1) is 5.92 Å². The molecule has 25 heavy (non-hydrogen) atoms. The quantitative estimate of drug-likeness (QED) is 0.675. The second-order valence-corrected chi connectivity index (χ2v) is 7.37. The summed E-state index contributed by atoms with van der Waals surface area (Å²) in [5.74, 6) is 0.581. The molecule has 5 nitrogen and oxygen atoms in total. The highest BCUT2D eigenvalue weighted by Crippen LogP contribution is 2.25. The van der Waals surface area contributed by atoms with Crippen LogP contribution in [0.4, 0.5) is 4.79 Å². The van der Waals surface area contributed by atoms with Gasteiger partial charge in [-0.05, 0) is 42.2 Å². The van der Waals surface area contributed by atoms with Gasteiger partial charge in [0.2, 0.25) is 5.91 Å². The van der Waals surface area contributed by atoms with Gasteiger partial charge in [0.05, 0.1) is 6.54 Å². The molecule has 0 unspecified atom stereocenters. The third-order valence-electron chi connectivity index (χ3n) is 4.79. The fourth-order valence-electron chi connectivity index (χ4n) is 2.83. The third kappa shape index (κ3) is 6.16. The lowest BCUT2D eigenvalue weighted by Crippen LogP contribution is -2.45. The molecule has 2 atom stereocenters. The molecule has 0 radical (unpaired) electrons. The summed E-state index contributed by atoms with van der Waals surface area (Å²) in [6.45, 7) is 8.78. The van der Waals surface area contributed by atoms with E-state index in [0.717, 1.165) is 24.8 Å². The number of hydrogen-bond acceptors (Lipinski definition) is 3. The van der Waals surface area contributed by atoms with Crippen LogP contribution in [0.25, 0.3) is 0 Å². The molecule has 1 saturated carbocycles. The van der Waals surface area contributed by atoms with E-state index in [1.165, 1.54) is 5.56 Å². The van der Waals surface area contributed by atoms with Crippen LogP contribution in [-0.4, -0.2) is 24.5 Å². The Labute approximate surface area is 151 Å². The maximum atomic E-state index is 12.0. The van der Waals surface area contributed by atoms with Crippen LogP contribution in [0.15, 0.2) is 24.3 Å². The molecular weight excluding hydrogens is 314 g/mol. The molecule has 1 aromatic carbocycles. The van der Waals surface area contributed by atoms with E-state index in [2.05, 4.69) is 67.9 Å². The Morgan fingerprint density at radius 3 is 2.20 bits per heavy atom. The minimum Gasteiger partial charge on any atom is -0.335 e. The average Bonchev–Trinajstić information content (AvgIpc) is 3.38. The lowest BCUT2D eigenvalue weighted by atomic mass is 9.92. The summed E-state index contributed by atoms with van der Waals surface area (Å²) >= 11 is 0. The van der Waals surface area contributed by atoms with Gasteiger partial charge in [0.25, 0.3) is 0 Å². The van der Waals surface area contributed by atoms with Gasteiger partial charge in [-0.15, -0.1) is 0 Å². The van der Waals surface area contributed by atoms with Gasteiger partial charge < -0.3 is 10.6 Å². The SMILES string of the molecule is CC[C@H](C)c1ccc([C@H](NCC(=O)NC(=O)NC2CC2)C(C)C)cc1. The molecule has 138 valence electrons. The fraction of sp³-hybridized carbons (Fsp3) is 0.600. The highest BCUT2D eigenvalue weighted by molar-refractivity contribution is 5.95. The number of carbonyl (C=O) groups excluding carboxylic acids is 2. The Morgan fingerprint density at radius 2 is 1.68 bits per heavy atom. The Hall–Kier alpha value is -1.88. The van der Waals surface area contributed by atoms with Crippen molar-refractivity contribution in [3.63, 3.8) is 0 Å². The summed E-state index contributed by atoms with van der Waals surface area (Å²) in [5, 5.41) is 8.41. The zero-order chi connectivity index (χ0) is 18.4. The van der Waals surface area contributed by atoms with Crippen LogP contribution >= 0.6 is 0 Å². The Bertz CT molecular complexity index is 579. The zero-order valence-corrected chi connectivity index (χ0v) is 15.8. The van der Waals surface area contributed by atoms with Crippen molar-refractivity contribution in [2.45, 2.75) is 65.0 Å². The molecule has 0 heterocycles. The zero-order valence-electron chi connectivity index (χ0n) is 15.8. The molecule has 0 bridgehead atoms. The number of carbonyl (C=O) groups is 2. The number of benzene rings is 1. The lowest BCUT2D eigenvalue weighted by molar-refractivity contribution is -0.119. The molecule has 0 saturated heterocycles. The average molecular weight is 345 g/mol. The third-order valence-corrected chi connectivity index (χ3v) is 4.79. The number of imide groups is 1. The summed E-state index contributed by atoms with van der Waals surface area (Å²) in [7, 11) is 0. The van der Waals surface area contributed by atoms with Crippen molar-refractivity contribution in [3.05, 3.63) is 35.4 Å². The van der Waals surface area contributed by atoms with Crippen molar-refractivity contribution >= 4 is 11.9 Å². The van der Waals surface area contributed by atoms with Gasteiger partial charge in [0.15, 0.2) is 0 Å². The summed E-state index contributed by atoms with van der Waals surface area (Å²) < 4.78 is 0. The first-order chi connectivity index (χ1) is 11.9. The van der Waals surface area contributed by atoms with Crippen molar-refractivity contribution in [1.29, 1.82) is 0 Å². The maximum Gasteiger partial charge on any atom is 0.321 e. The second kappa shape index (κ2) is 8.99. The molecule has 0 aromatic heterocycles. The van der Waals surface area contributed by atoms with Crippen LogP contribution in [0.2, 0.25) is 0 Å².